The van der Waals surface area contributed by atoms with E-state index in [1.54, 1.807) is 0 Å². The van der Waals surface area contributed by atoms with Gasteiger partial charge in [-0.1, -0.05) is 45.4 Å². The van der Waals surface area contributed by atoms with Gasteiger partial charge in [-0.2, -0.15) is 8.78 Å². The minimum absolute atomic E-state index is 0.0488. The van der Waals surface area contributed by atoms with Crippen molar-refractivity contribution in [3.8, 4) is 11.5 Å². The molecule has 0 bridgehead atoms. The molecule has 1 fully saturated rings. The smallest absolute Gasteiger partial charge is 0.204 e. The van der Waals surface area contributed by atoms with Crippen LogP contribution in [0.4, 0.5) is 8.78 Å². The van der Waals surface area contributed by atoms with Gasteiger partial charge in [0, 0.05) is 7.11 Å². The number of benzene rings is 1. The van der Waals surface area contributed by atoms with Crippen LogP contribution in [0.25, 0.3) is 0 Å². The zero-order chi connectivity index (χ0) is 18.1. The van der Waals surface area contributed by atoms with Crippen molar-refractivity contribution in [1.82, 2.24) is 0 Å². The normalized spacial score (nSPS) is 20.5. The highest BCUT2D eigenvalue weighted by Gasteiger charge is 2.22. The molecule has 1 aromatic rings. The van der Waals surface area contributed by atoms with Crippen LogP contribution in [0.3, 0.4) is 0 Å². The van der Waals surface area contributed by atoms with E-state index in [9.17, 15) is 8.78 Å². The third kappa shape index (κ3) is 6.14. The number of halogens is 2. The fraction of sp³-hybridized carbons (Fsp3) is 0.700. The van der Waals surface area contributed by atoms with E-state index in [-0.39, 0.29) is 18.3 Å². The van der Waals surface area contributed by atoms with E-state index in [4.69, 9.17) is 14.2 Å². The van der Waals surface area contributed by atoms with Gasteiger partial charge in [-0.25, -0.2) is 0 Å². The van der Waals surface area contributed by atoms with E-state index in [0.29, 0.717) is 12.5 Å². The largest absolute Gasteiger partial charge is 0.490 e. The van der Waals surface area contributed by atoms with Crippen LogP contribution in [0.2, 0.25) is 0 Å². The Labute approximate surface area is 149 Å². The first-order valence-corrected chi connectivity index (χ1v) is 9.38. The lowest BCUT2D eigenvalue weighted by Gasteiger charge is -2.28. The first-order valence-electron chi connectivity index (χ1n) is 9.38. The van der Waals surface area contributed by atoms with Crippen molar-refractivity contribution < 1.29 is 23.0 Å². The fourth-order valence-electron chi connectivity index (χ4n) is 3.44. The van der Waals surface area contributed by atoms with Gasteiger partial charge in [0.1, 0.15) is 0 Å². The van der Waals surface area contributed by atoms with Crippen LogP contribution in [0.5, 0.6) is 11.5 Å². The summed E-state index contributed by atoms with van der Waals surface area (Å²) in [5, 5.41) is 0. The molecule has 0 heterocycles. The van der Waals surface area contributed by atoms with Crippen LogP contribution in [0.1, 0.15) is 58.3 Å². The second-order valence-corrected chi connectivity index (χ2v) is 6.93. The van der Waals surface area contributed by atoms with Gasteiger partial charge >= 0.3 is 0 Å². The van der Waals surface area contributed by atoms with Crippen LogP contribution in [0, 0.1) is 23.5 Å². The predicted molar refractivity (Wildman–Crippen MR) is 93.9 cm³/mol. The van der Waals surface area contributed by atoms with Gasteiger partial charge < -0.3 is 14.2 Å². The van der Waals surface area contributed by atoms with Crippen molar-refractivity contribution in [2.75, 3.05) is 20.5 Å². The monoisotopic (exact) mass is 356 g/mol. The van der Waals surface area contributed by atoms with Gasteiger partial charge in [-0.05, 0) is 36.8 Å². The average molecular weight is 356 g/mol. The number of ether oxygens (including phenoxy) is 3. The zero-order valence-electron chi connectivity index (χ0n) is 15.4. The molecule has 25 heavy (non-hydrogen) atoms. The Bertz CT molecular complexity index is 514. The van der Waals surface area contributed by atoms with E-state index in [2.05, 4.69) is 6.92 Å². The number of hydrogen-bond donors (Lipinski definition) is 0. The maximum atomic E-state index is 14.1. The molecule has 5 heteroatoms. The molecule has 1 aliphatic carbocycles. The molecule has 0 aromatic heterocycles. The summed E-state index contributed by atoms with van der Waals surface area (Å²) in [6, 6.07) is 2.79. The molecule has 0 saturated heterocycles. The number of unbranched alkanes of at least 4 members (excludes halogenated alkanes) is 2. The Morgan fingerprint density at radius 3 is 2.12 bits per heavy atom. The van der Waals surface area contributed by atoms with Crippen molar-refractivity contribution in [1.29, 1.82) is 0 Å². The van der Waals surface area contributed by atoms with Crippen LogP contribution < -0.4 is 9.47 Å². The highest BCUT2D eigenvalue weighted by Crippen LogP contribution is 2.33. The molecule has 1 saturated carbocycles. The number of rotatable bonds is 10. The summed E-state index contributed by atoms with van der Waals surface area (Å²) in [5.41, 5.74) is 0. The molecule has 2 rings (SSSR count). The molecule has 142 valence electrons. The topological polar surface area (TPSA) is 27.7 Å². The van der Waals surface area contributed by atoms with Crippen LogP contribution in [0.15, 0.2) is 12.1 Å². The van der Waals surface area contributed by atoms with Crippen LogP contribution in [-0.4, -0.2) is 20.5 Å². The first kappa shape index (κ1) is 20.0. The zero-order valence-corrected chi connectivity index (χ0v) is 15.4. The average Bonchev–Trinajstić information content (AvgIpc) is 2.63. The molecular formula is C20H30F2O3. The Hall–Kier alpha value is -1.36. The van der Waals surface area contributed by atoms with Crippen LogP contribution >= 0.6 is 0 Å². The predicted octanol–water partition coefficient (Wildman–Crippen LogP) is 5.71. The van der Waals surface area contributed by atoms with Crippen molar-refractivity contribution in [2.45, 2.75) is 58.3 Å². The van der Waals surface area contributed by atoms with Crippen molar-refractivity contribution in [3.05, 3.63) is 23.8 Å². The van der Waals surface area contributed by atoms with E-state index in [1.165, 1.54) is 57.8 Å². The lowest BCUT2D eigenvalue weighted by atomic mass is 9.80. The molecule has 0 unspecified atom stereocenters. The summed E-state index contributed by atoms with van der Waals surface area (Å²) in [7, 11) is 1.42. The van der Waals surface area contributed by atoms with Gasteiger partial charge in [-0.15, -0.1) is 0 Å². The van der Waals surface area contributed by atoms with Gasteiger partial charge in [0.15, 0.2) is 18.3 Å². The van der Waals surface area contributed by atoms with E-state index >= 15 is 0 Å². The summed E-state index contributed by atoms with van der Waals surface area (Å²) in [6.45, 7) is 2.54. The van der Waals surface area contributed by atoms with Crippen molar-refractivity contribution in [2.24, 2.45) is 11.8 Å². The molecule has 3 nitrogen and oxygen atoms in total. The number of hydrogen-bond acceptors (Lipinski definition) is 3. The molecule has 0 N–H and O–H groups in total. The Kier molecular flexibility index (Phi) is 8.45. The molecule has 0 spiro atoms. The Morgan fingerprint density at radius 2 is 1.52 bits per heavy atom. The van der Waals surface area contributed by atoms with Gasteiger partial charge in [0.05, 0.1) is 6.61 Å². The molecule has 0 radical (unpaired) electrons. The minimum Gasteiger partial charge on any atom is -0.490 e. The Morgan fingerprint density at radius 1 is 0.920 bits per heavy atom. The van der Waals surface area contributed by atoms with Crippen molar-refractivity contribution >= 4 is 0 Å². The van der Waals surface area contributed by atoms with Gasteiger partial charge in [0.25, 0.3) is 0 Å². The molecule has 1 aromatic carbocycles. The Balaban J connectivity index is 1.77. The second kappa shape index (κ2) is 10.6. The maximum Gasteiger partial charge on any atom is 0.204 e. The quantitative estimate of drug-likeness (QED) is 0.397. The molecule has 0 atom stereocenters. The summed E-state index contributed by atoms with van der Waals surface area (Å²) in [6.07, 6.45) is 9.88. The lowest BCUT2D eigenvalue weighted by molar-refractivity contribution is 0.0475. The van der Waals surface area contributed by atoms with E-state index in [1.807, 2.05) is 0 Å². The van der Waals surface area contributed by atoms with Crippen LogP contribution in [-0.2, 0) is 4.74 Å². The maximum absolute atomic E-state index is 14.1. The minimum atomic E-state index is -1.03. The highest BCUT2D eigenvalue weighted by molar-refractivity contribution is 5.35. The van der Waals surface area contributed by atoms with E-state index < -0.39 is 11.6 Å². The standard InChI is InChI=1S/C20H30F2O3/c1-3-4-5-6-15-7-9-16(10-8-15)13-24-17-11-12-18(25-14-23-2)20(22)19(17)21/h11-12,15-16H,3-10,13-14H2,1-2H3. The highest BCUT2D eigenvalue weighted by atomic mass is 19.2. The van der Waals surface area contributed by atoms with Gasteiger partial charge in [0.2, 0.25) is 11.6 Å². The summed E-state index contributed by atoms with van der Waals surface area (Å²) in [5.74, 6) is -0.994. The third-order valence-corrected chi connectivity index (χ3v) is 5.00. The SMILES string of the molecule is CCCCCC1CCC(COc2ccc(OCOC)c(F)c2F)CC1. The fourth-order valence-corrected chi connectivity index (χ4v) is 3.44. The number of methoxy groups -OCH3 is 1. The summed E-state index contributed by atoms with van der Waals surface area (Å²) < 4.78 is 43.2. The summed E-state index contributed by atoms with van der Waals surface area (Å²) >= 11 is 0. The summed E-state index contributed by atoms with van der Waals surface area (Å²) in [4.78, 5) is 0. The first-order chi connectivity index (χ1) is 12.2. The van der Waals surface area contributed by atoms with Crippen molar-refractivity contribution in [3.63, 3.8) is 0 Å². The molecular weight excluding hydrogens is 326 g/mol. The van der Waals surface area contributed by atoms with E-state index in [0.717, 1.165) is 18.8 Å². The molecule has 0 aliphatic heterocycles. The van der Waals surface area contributed by atoms with Gasteiger partial charge in [-0.3, -0.25) is 0 Å². The third-order valence-electron chi connectivity index (χ3n) is 5.00. The molecule has 1 aliphatic rings. The molecule has 0 amide bonds. The lowest BCUT2D eigenvalue weighted by Crippen LogP contribution is -2.20. The second-order valence-electron chi connectivity index (χ2n) is 6.93.